The molecule has 1 unspecified atom stereocenters. The van der Waals surface area contributed by atoms with E-state index in [1.807, 2.05) is 18.8 Å². The second kappa shape index (κ2) is 8.86. The van der Waals surface area contributed by atoms with Crippen LogP contribution in [0.4, 0.5) is 0 Å². The number of thioether (sulfide) groups is 1. The first-order valence-corrected chi connectivity index (χ1v) is 8.10. The van der Waals surface area contributed by atoms with Gasteiger partial charge in [0.2, 0.25) is 0 Å². The summed E-state index contributed by atoms with van der Waals surface area (Å²) in [6, 6.07) is 8.71. The predicted octanol–water partition coefficient (Wildman–Crippen LogP) is 2.97. The number of rotatable bonds is 6. The molecule has 0 saturated heterocycles. The van der Waals surface area contributed by atoms with Crippen LogP contribution in [0.25, 0.3) is 0 Å². The molecule has 3 nitrogen and oxygen atoms in total. The third kappa shape index (κ3) is 5.55. The molecule has 0 fully saturated rings. The molecule has 4 heteroatoms. The van der Waals surface area contributed by atoms with Crippen LogP contribution in [0.2, 0.25) is 0 Å². The van der Waals surface area contributed by atoms with Gasteiger partial charge in [0.05, 0.1) is 6.04 Å². The van der Waals surface area contributed by atoms with Crippen molar-refractivity contribution in [3.8, 4) is 0 Å². The van der Waals surface area contributed by atoms with Crippen molar-refractivity contribution >= 4 is 17.7 Å². The highest BCUT2D eigenvalue weighted by Crippen LogP contribution is 2.16. The molecule has 19 heavy (non-hydrogen) atoms. The van der Waals surface area contributed by atoms with Crippen LogP contribution in [0.5, 0.6) is 0 Å². The Balaban J connectivity index is 2.50. The minimum atomic E-state index is 0.257. The van der Waals surface area contributed by atoms with Crippen molar-refractivity contribution in [3.05, 3.63) is 35.4 Å². The van der Waals surface area contributed by atoms with Crippen LogP contribution in [-0.2, 0) is 0 Å². The average Bonchev–Trinajstić information content (AvgIpc) is 2.42. The molecule has 2 N–H and O–H groups in total. The summed E-state index contributed by atoms with van der Waals surface area (Å²) in [5, 5.41) is 6.78. The van der Waals surface area contributed by atoms with E-state index in [2.05, 4.69) is 60.0 Å². The second-order valence-electron chi connectivity index (χ2n) is 4.57. The molecule has 0 heterocycles. The van der Waals surface area contributed by atoms with Gasteiger partial charge in [-0.1, -0.05) is 24.3 Å². The van der Waals surface area contributed by atoms with Crippen molar-refractivity contribution in [3.63, 3.8) is 0 Å². The highest BCUT2D eigenvalue weighted by Gasteiger charge is 2.09. The number of hydrogen-bond acceptors (Lipinski definition) is 2. The van der Waals surface area contributed by atoms with Crippen LogP contribution < -0.4 is 10.6 Å². The van der Waals surface area contributed by atoms with Crippen LogP contribution in [-0.4, -0.2) is 31.6 Å². The Hall–Kier alpha value is -1.16. The maximum Gasteiger partial charge on any atom is 0.191 e. The van der Waals surface area contributed by atoms with Crippen molar-refractivity contribution < 1.29 is 0 Å². The SMILES string of the molecule is CN=C(NCCCSC)NC(C)c1ccccc1C. The first-order chi connectivity index (χ1) is 9.19. The van der Waals surface area contributed by atoms with Gasteiger partial charge in [-0.05, 0) is 43.4 Å². The molecule has 0 radical (unpaired) electrons. The predicted molar refractivity (Wildman–Crippen MR) is 87.1 cm³/mol. The van der Waals surface area contributed by atoms with Gasteiger partial charge in [-0.3, -0.25) is 4.99 Å². The summed E-state index contributed by atoms with van der Waals surface area (Å²) < 4.78 is 0. The summed E-state index contributed by atoms with van der Waals surface area (Å²) in [4.78, 5) is 4.27. The summed E-state index contributed by atoms with van der Waals surface area (Å²) in [5.74, 6) is 2.05. The molecule has 1 aromatic rings. The standard InChI is InChI=1S/C15H25N3S/c1-12-8-5-6-9-14(12)13(2)18-15(16-3)17-10-7-11-19-4/h5-6,8-9,13H,7,10-11H2,1-4H3,(H2,16,17,18). The van der Waals surface area contributed by atoms with Crippen molar-refractivity contribution in [2.24, 2.45) is 4.99 Å². The molecule has 0 saturated carbocycles. The number of benzene rings is 1. The van der Waals surface area contributed by atoms with Gasteiger partial charge >= 0.3 is 0 Å². The third-order valence-electron chi connectivity index (χ3n) is 3.05. The molecule has 106 valence electrons. The third-order valence-corrected chi connectivity index (χ3v) is 3.75. The first kappa shape index (κ1) is 15.9. The zero-order valence-corrected chi connectivity index (χ0v) is 13.2. The van der Waals surface area contributed by atoms with Crippen LogP contribution in [0, 0.1) is 6.92 Å². The van der Waals surface area contributed by atoms with Gasteiger partial charge in [0.1, 0.15) is 0 Å². The summed E-state index contributed by atoms with van der Waals surface area (Å²) in [5.41, 5.74) is 2.62. The van der Waals surface area contributed by atoms with E-state index in [9.17, 15) is 0 Å². The van der Waals surface area contributed by atoms with Crippen LogP contribution in [0.1, 0.15) is 30.5 Å². The van der Waals surface area contributed by atoms with E-state index in [1.54, 1.807) is 0 Å². The van der Waals surface area contributed by atoms with Gasteiger partial charge in [-0.25, -0.2) is 0 Å². The Kier molecular flexibility index (Phi) is 7.41. The number of hydrogen-bond donors (Lipinski definition) is 2. The second-order valence-corrected chi connectivity index (χ2v) is 5.55. The highest BCUT2D eigenvalue weighted by molar-refractivity contribution is 7.98. The molecule has 0 bridgehead atoms. The minimum Gasteiger partial charge on any atom is -0.356 e. The van der Waals surface area contributed by atoms with E-state index in [-0.39, 0.29) is 6.04 Å². The lowest BCUT2D eigenvalue weighted by atomic mass is 10.0. The molecular weight excluding hydrogens is 254 g/mol. The van der Waals surface area contributed by atoms with Gasteiger partial charge in [0.25, 0.3) is 0 Å². The summed E-state index contributed by atoms with van der Waals surface area (Å²) in [6.07, 6.45) is 3.29. The molecular formula is C15H25N3S. The fourth-order valence-electron chi connectivity index (χ4n) is 1.97. The number of nitrogens with zero attached hydrogens (tertiary/aromatic N) is 1. The summed E-state index contributed by atoms with van der Waals surface area (Å²) >= 11 is 1.87. The smallest absolute Gasteiger partial charge is 0.191 e. The Labute approximate surface area is 121 Å². The van der Waals surface area contributed by atoms with E-state index in [4.69, 9.17) is 0 Å². The van der Waals surface area contributed by atoms with Crippen LogP contribution >= 0.6 is 11.8 Å². The van der Waals surface area contributed by atoms with Crippen molar-refractivity contribution in [2.45, 2.75) is 26.3 Å². The fraction of sp³-hybridized carbons (Fsp3) is 0.533. The van der Waals surface area contributed by atoms with Gasteiger partial charge in [-0.15, -0.1) is 0 Å². The van der Waals surface area contributed by atoms with Gasteiger partial charge in [0.15, 0.2) is 5.96 Å². The molecule has 0 aliphatic carbocycles. The zero-order chi connectivity index (χ0) is 14.1. The quantitative estimate of drug-likeness (QED) is 0.477. The Morgan fingerprint density at radius 2 is 2.11 bits per heavy atom. The highest BCUT2D eigenvalue weighted by atomic mass is 32.2. The number of nitrogens with one attached hydrogen (secondary N) is 2. The normalized spacial score (nSPS) is 13.2. The van der Waals surface area contributed by atoms with E-state index in [1.165, 1.54) is 16.9 Å². The number of guanidine groups is 1. The Morgan fingerprint density at radius 3 is 2.74 bits per heavy atom. The minimum absolute atomic E-state index is 0.257. The maximum atomic E-state index is 4.27. The maximum absolute atomic E-state index is 4.27. The first-order valence-electron chi connectivity index (χ1n) is 6.70. The monoisotopic (exact) mass is 279 g/mol. The molecule has 0 aliphatic rings. The Morgan fingerprint density at radius 1 is 1.37 bits per heavy atom. The van der Waals surface area contributed by atoms with Crippen molar-refractivity contribution in [1.82, 2.24) is 10.6 Å². The zero-order valence-electron chi connectivity index (χ0n) is 12.4. The molecule has 0 aliphatic heterocycles. The van der Waals surface area contributed by atoms with Crippen LogP contribution in [0.15, 0.2) is 29.3 Å². The molecule has 0 aromatic heterocycles. The molecule has 1 atom stereocenters. The van der Waals surface area contributed by atoms with Gasteiger partial charge < -0.3 is 10.6 Å². The lowest BCUT2D eigenvalue weighted by Gasteiger charge is -2.19. The molecule has 0 spiro atoms. The van der Waals surface area contributed by atoms with Crippen LogP contribution in [0.3, 0.4) is 0 Å². The van der Waals surface area contributed by atoms with Gasteiger partial charge in [0, 0.05) is 13.6 Å². The number of aryl methyl sites for hydroxylation is 1. The Bertz CT molecular complexity index is 404. The lowest BCUT2D eigenvalue weighted by molar-refractivity contribution is 0.679. The number of aliphatic imine (C=N–C) groups is 1. The fourth-order valence-corrected chi connectivity index (χ4v) is 2.41. The summed E-state index contributed by atoms with van der Waals surface area (Å²) in [7, 11) is 1.81. The van der Waals surface area contributed by atoms with E-state index in [0.29, 0.717) is 0 Å². The van der Waals surface area contributed by atoms with E-state index < -0.39 is 0 Å². The summed E-state index contributed by atoms with van der Waals surface area (Å²) in [6.45, 7) is 5.26. The van der Waals surface area contributed by atoms with Crippen molar-refractivity contribution in [1.29, 1.82) is 0 Å². The lowest BCUT2D eigenvalue weighted by Crippen LogP contribution is -2.39. The van der Waals surface area contributed by atoms with E-state index in [0.717, 1.165) is 18.9 Å². The molecule has 1 rings (SSSR count). The average molecular weight is 279 g/mol. The topological polar surface area (TPSA) is 36.4 Å². The largest absolute Gasteiger partial charge is 0.356 e. The molecule has 1 aromatic carbocycles. The molecule has 0 amide bonds. The van der Waals surface area contributed by atoms with Gasteiger partial charge in [-0.2, -0.15) is 11.8 Å². The van der Waals surface area contributed by atoms with Crippen molar-refractivity contribution in [2.75, 3.05) is 25.6 Å². The van der Waals surface area contributed by atoms with E-state index >= 15 is 0 Å².